The van der Waals surface area contributed by atoms with E-state index in [9.17, 15) is 4.79 Å². The average Bonchev–Trinajstić information content (AvgIpc) is 3.17. The van der Waals surface area contributed by atoms with Crippen LogP contribution in [0.2, 0.25) is 0 Å². The van der Waals surface area contributed by atoms with Gasteiger partial charge in [-0.3, -0.25) is 14.5 Å². The van der Waals surface area contributed by atoms with E-state index in [2.05, 4.69) is 20.7 Å². The number of anilines is 1. The van der Waals surface area contributed by atoms with Gasteiger partial charge in [-0.15, -0.1) is 0 Å². The molecule has 0 fully saturated rings. The van der Waals surface area contributed by atoms with E-state index < -0.39 is 0 Å². The molecular formula is C22H25N5O2. The van der Waals surface area contributed by atoms with Gasteiger partial charge in [0.25, 0.3) is 0 Å². The van der Waals surface area contributed by atoms with Crippen LogP contribution < -0.4 is 10.6 Å². The Morgan fingerprint density at radius 2 is 2.03 bits per heavy atom. The second-order valence-corrected chi connectivity index (χ2v) is 6.55. The van der Waals surface area contributed by atoms with E-state index in [1.807, 2.05) is 43.6 Å². The molecule has 0 saturated heterocycles. The van der Waals surface area contributed by atoms with Crippen molar-refractivity contribution in [3.63, 3.8) is 0 Å². The van der Waals surface area contributed by atoms with E-state index in [1.165, 1.54) is 6.08 Å². The lowest BCUT2D eigenvalue weighted by Gasteiger charge is -2.06. The minimum atomic E-state index is -0.197. The largest absolute Gasteiger partial charge is 0.383 e. The number of rotatable bonds is 9. The summed E-state index contributed by atoms with van der Waals surface area (Å²) in [6, 6.07) is 9.67. The first kappa shape index (κ1) is 20.4. The van der Waals surface area contributed by atoms with Crippen LogP contribution in [-0.2, 0) is 23.1 Å². The molecule has 2 heterocycles. The Labute approximate surface area is 170 Å². The third kappa shape index (κ3) is 6.10. The number of methoxy groups -OCH3 is 1. The van der Waals surface area contributed by atoms with E-state index in [0.717, 1.165) is 41.0 Å². The van der Waals surface area contributed by atoms with Crippen molar-refractivity contribution in [1.82, 2.24) is 20.1 Å². The maximum Gasteiger partial charge on any atom is 0.248 e. The molecule has 29 heavy (non-hydrogen) atoms. The van der Waals surface area contributed by atoms with Crippen molar-refractivity contribution in [3.8, 4) is 11.1 Å². The molecule has 0 saturated carbocycles. The molecule has 0 unspecified atom stereocenters. The second-order valence-electron chi connectivity index (χ2n) is 6.55. The number of carbonyl (C=O) groups excluding carboxylic acids is 1. The number of hydrogen-bond acceptors (Lipinski definition) is 5. The molecule has 2 aromatic heterocycles. The van der Waals surface area contributed by atoms with Gasteiger partial charge in [-0.1, -0.05) is 12.1 Å². The number of pyridine rings is 1. The number of nitrogens with zero attached hydrogens (tertiary/aromatic N) is 3. The molecule has 0 radical (unpaired) electrons. The van der Waals surface area contributed by atoms with Crippen molar-refractivity contribution in [2.45, 2.75) is 6.54 Å². The predicted octanol–water partition coefficient (Wildman–Crippen LogP) is 2.87. The van der Waals surface area contributed by atoms with Gasteiger partial charge in [-0.2, -0.15) is 5.10 Å². The van der Waals surface area contributed by atoms with Crippen LogP contribution >= 0.6 is 0 Å². The topological polar surface area (TPSA) is 81.1 Å². The molecule has 7 nitrogen and oxygen atoms in total. The highest BCUT2D eigenvalue weighted by atomic mass is 16.5. The van der Waals surface area contributed by atoms with Crippen LogP contribution in [-0.4, -0.2) is 40.9 Å². The SMILES string of the molecule is COCCNCc1ccc(NC(=O)C=Cc2cnccc2-c2cnn(C)c2)cc1. The van der Waals surface area contributed by atoms with Crippen molar-refractivity contribution < 1.29 is 9.53 Å². The monoisotopic (exact) mass is 391 g/mol. The van der Waals surface area contributed by atoms with Gasteiger partial charge in [0.2, 0.25) is 5.91 Å². The summed E-state index contributed by atoms with van der Waals surface area (Å²) >= 11 is 0. The zero-order valence-electron chi connectivity index (χ0n) is 16.6. The molecule has 0 bridgehead atoms. The van der Waals surface area contributed by atoms with Crippen LogP contribution in [0.15, 0.2) is 61.2 Å². The molecule has 3 aromatic rings. The van der Waals surface area contributed by atoms with Gasteiger partial charge in [0.05, 0.1) is 12.8 Å². The van der Waals surface area contributed by atoms with Crippen LogP contribution in [0, 0.1) is 0 Å². The summed E-state index contributed by atoms with van der Waals surface area (Å²) in [4.78, 5) is 16.5. The molecule has 3 rings (SSSR count). The van der Waals surface area contributed by atoms with Gasteiger partial charge in [-0.05, 0) is 35.4 Å². The summed E-state index contributed by atoms with van der Waals surface area (Å²) in [6.07, 6.45) is 10.5. The summed E-state index contributed by atoms with van der Waals surface area (Å²) in [5, 5.41) is 10.4. The molecule has 1 amide bonds. The fourth-order valence-electron chi connectivity index (χ4n) is 2.82. The van der Waals surface area contributed by atoms with Crippen molar-refractivity contribution in [2.75, 3.05) is 25.6 Å². The fourth-order valence-corrected chi connectivity index (χ4v) is 2.82. The van der Waals surface area contributed by atoms with Crippen LogP contribution in [0.3, 0.4) is 0 Å². The first-order valence-corrected chi connectivity index (χ1v) is 9.36. The lowest BCUT2D eigenvalue weighted by Crippen LogP contribution is -2.18. The lowest BCUT2D eigenvalue weighted by molar-refractivity contribution is -0.111. The average molecular weight is 391 g/mol. The highest BCUT2D eigenvalue weighted by molar-refractivity contribution is 6.02. The summed E-state index contributed by atoms with van der Waals surface area (Å²) in [5.41, 5.74) is 4.70. The number of amides is 1. The van der Waals surface area contributed by atoms with Crippen LogP contribution in [0.1, 0.15) is 11.1 Å². The van der Waals surface area contributed by atoms with E-state index in [4.69, 9.17) is 4.74 Å². The Morgan fingerprint density at radius 1 is 1.21 bits per heavy atom. The smallest absolute Gasteiger partial charge is 0.248 e. The van der Waals surface area contributed by atoms with E-state index in [1.54, 1.807) is 36.5 Å². The van der Waals surface area contributed by atoms with Gasteiger partial charge < -0.3 is 15.4 Å². The Bertz CT molecular complexity index is 963. The summed E-state index contributed by atoms with van der Waals surface area (Å²) < 4.78 is 6.75. The zero-order chi connectivity index (χ0) is 20.5. The van der Waals surface area contributed by atoms with Crippen molar-refractivity contribution in [2.24, 2.45) is 7.05 Å². The van der Waals surface area contributed by atoms with E-state index >= 15 is 0 Å². The molecule has 0 atom stereocenters. The first-order chi connectivity index (χ1) is 14.2. The molecule has 0 spiro atoms. The van der Waals surface area contributed by atoms with Crippen LogP contribution in [0.25, 0.3) is 17.2 Å². The highest BCUT2D eigenvalue weighted by Crippen LogP contribution is 2.23. The van der Waals surface area contributed by atoms with Crippen molar-refractivity contribution in [3.05, 3.63) is 72.3 Å². The lowest BCUT2D eigenvalue weighted by atomic mass is 10.0. The summed E-state index contributed by atoms with van der Waals surface area (Å²) in [6.45, 7) is 2.24. The Balaban J connectivity index is 1.59. The van der Waals surface area contributed by atoms with Crippen LogP contribution in [0.4, 0.5) is 5.69 Å². The maximum atomic E-state index is 12.3. The molecule has 150 valence electrons. The minimum Gasteiger partial charge on any atom is -0.383 e. The number of hydrogen-bond donors (Lipinski definition) is 2. The third-order valence-electron chi connectivity index (χ3n) is 4.32. The highest BCUT2D eigenvalue weighted by Gasteiger charge is 2.06. The Morgan fingerprint density at radius 3 is 2.76 bits per heavy atom. The molecular weight excluding hydrogens is 366 g/mol. The number of aromatic nitrogens is 3. The molecule has 2 N–H and O–H groups in total. The van der Waals surface area contributed by atoms with Gasteiger partial charge in [0.15, 0.2) is 0 Å². The maximum absolute atomic E-state index is 12.3. The van der Waals surface area contributed by atoms with Crippen molar-refractivity contribution >= 4 is 17.7 Å². The van der Waals surface area contributed by atoms with Crippen molar-refractivity contribution in [1.29, 1.82) is 0 Å². The quantitative estimate of drug-likeness (QED) is 0.433. The third-order valence-corrected chi connectivity index (χ3v) is 4.32. The first-order valence-electron chi connectivity index (χ1n) is 9.36. The number of aryl methyl sites for hydroxylation is 1. The zero-order valence-corrected chi connectivity index (χ0v) is 16.6. The Hall–Kier alpha value is -3.29. The second kappa shape index (κ2) is 10.3. The molecule has 1 aromatic carbocycles. The number of ether oxygens (including phenoxy) is 1. The molecule has 0 aliphatic carbocycles. The number of benzene rings is 1. The van der Waals surface area contributed by atoms with Gasteiger partial charge in [-0.25, -0.2) is 0 Å². The summed E-state index contributed by atoms with van der Waals surface area (Å²) in [5.74, 6) is -0.197. The van der Waals surface area contributed by atoms with Gasteiger partial charge >= 0.3 is 0 Å². The van der Waals surface area contributed by atoms with Crippen LogP contribution in [0.5, 0.6) is 0 Å². The number of carbonyl (C=O) groups is 1. The predicted molar refractivity (Wildman–Crippen MR) is 114 cm³/mol. The standard InChI is InChI=1S/C22H25N5O2/c1-27-16-19(15-25-27)21-9-10-23-14-18(21)5-8-22(28)26-20-6-3-17(4-7-20)13-24-11-12-29-2/h3-10,14-16,24H,11-13H2,1-2H3,(H,26,28). The molecule has 0 aliphatic rings. The van der Waals surface area contributed by atoms with E-state index in [0.29, 0.717) is 6.61 Å². The minimum absolute atomic E-state index is 0.197. The Kier molecular flexibility index (Phi) is 7.27. The van der Waals surface area contributed by atoms with E-state index in [-0.39, 0.29) is 5.91 Å². The molecule has 0 aliphatic heterocycles. The van der Waals surface area contributed by atoms with Gasteiger partial charge in [0.1, 0.15) is 0 Å². The molecule has 7 heteroatoms. The summed E-state index contributed by atoms with van der Waals surface area (Å²) in [7, 11) is 3.55. The number of nitrogens with one attached hydrogen (secondary N) is 2. The van der Waals surface area contributed by atoms with Gasteiger partial charge in [0, 0.05) is 68.7 Å². The fraction of sp³-hybridized carbons (Fsp3) is 0.227. The normalized spacial score (nSPS) is 11.1.